The first-order chi connectivity index (χ1) is 8.54. The SMILES string of the molecule is C=CCN1CC(=O)N(c2cc(Cl)ccc2C)C1=S. The van der Waals surface area contributed by atoms with Crippen molar-refractivity contribution in [3.05, 3.63) is 41.4 Å². The van der Waals surface area contributed by atoms with Crippen LogP contribution in [0.3, 0.4) is 0 Å². The van der Waals surface area contributed by atoms with Crippen molar-refractivity contribution < 1.29 is 4.79 Å². The fourth-order valence-corrected chi connectivity index (χ4v) is 2.41. The minimum absolute atomic E-state index is 0.0350. The van der Waals surface area contributed by atoms with Crippen LogP contribution in [0.1, 0.15) is 5.56 Å². The highest BCUT2D eigenvalue weighted by Crippen LogP contribution is 2.28. The molecule has 1 aromatic carbocycles. The zero-order valence-electron chi connectivity index (χ0n) is 10.0. The Balaban J connectivity index is 2.38. The van der Waals surface area contributed by atoms with Gasteiger partial charge in [0.1, 0.15) is 6.54 Å². The van der Waals surface area contributed by atoms with E-state index in [4.69, 9.17) is 23.8 Å². The lowest BCUT2D eigenvalue weighted by molar-refractivity contribution is -0.116. The van der Waals surface area contributed by atoms with Crippen LogP contribution in [0.5, 0.6) is 0 Å². The van der Waals surface area contributed by atoms with Gasteiger partial charge in [-0.15, -0.1) is 6.58 Å². The summed E-state index contributed by atoms with van der Waals surface area (Å²) in [5, 5.41) is 1.10. The Morgan fingerprint density at radius 1 is 1.56 bits per heavy atom. The maximum Gasteiger partial charge on any atom is 0.252 e. The third-order valence-corrected chi connectivity index (χ3v) is 3.47. The highest BCUT2D eigenvalue weighted by molar-refractivity contribution is 7.80. The van der Waals surface area contributed by atoms with E-state index >= 15 is 0 Å². The van der Waals surface area contributed by atoms with Crippen LogP contribution < -0.4 is 4.90 Å². The van der Waals surface area contributed by atoms with Crippen LogP contribution in [-0.4, -0.2) is 29.0 Å². The van der Waals surface area contributed by atoms with Gasteiger partial charge in [0, 0.05) is 11.6 Å². The number of anilines is 1. The quantitative estimate of drug-likeness (QED) is 0.628. The number of thiocarbonyl (C=S) groups is 1. The summed E-state index contributed by atoms with van der Waals surface area (Å²) >= 11 is 11.3. The normalized spacial score (nSPS) is 15.4. The Bertz CT molecular complexity index is 530. The lowest BCUT2D eigenvalue weighted by atomic mass is 10.2. The molecule has 1 amide bonds. The molecule has 0 radical (unpaired) electrons. The van der Waals surface area contributed by atoms with E-state index in [1.807, 2.05) is 17.9 Å². The number of hydrogen-bond donors (Lipinski definition) is 0. The first kappa shape index (κ1) is 13.1. The van der Waals surface area contributed by atoms with E-state index < -0.39 is 0 Å². The molecule has 0 bridgehead atoms. The maximum absolute atomic E-state index is 12.1. The van der Waals surface area contributed by atoms with E-state index in [1.54, 1.807) is 23.1 Å². The standard InChI is InChI=1S/C13H13ClN2OS/c1-3-6-15-8-12(17)16(13(15)18)11-7-10(14)5-4-9(11)2/h3-5,7H,1,6,8H2,2H3. The monoisotopic (exact) mass is 280 g/mol. The molecule has 0 unspecified atom stereocenters. The van der Waals surface area contributed by atoms with Gasteiger partial charge < -0.3 is 4.90 Å². The summed E-state index contributed by atoms with van der Waals surface area (Å²) < 4.78 is 0. The average Bonchev–Trinajstić information content (AvgIpc) is 2.59. The average molecular weight is 281 g/mol. The molecule has 0 N–H and O–H groups in total. The minimum atomic E-state index is -0.0350. The van der Waals surface area contributed by atoms with Gasteiger partial charge in [-0.1, -0.05) is 23.7 Å². The maximum atomic E-state index is 12.1. The second kappa shape index (κ2) is 5.08. The summed E-state index contributed by atoms with van der Waals surface area (Å²) in [5.74, 6) is -0.0350. The molecule has 94 valence electrons. The summed E-state index contributed by atoms with van der Waals surface area (Å²) in [6.07, 6.45) is 1.73. The Labute approximate surface area is 117 Å². The van der Waals surface area contributed by atoms with E-state index in [-0.39, 0.29) is 12.5 Å². The largest absolute Gasteiger partial charge is 0.335 e. The molecule has 2 rings (SSSR count). The zero-order valence-corrected chi connectivity index (χ0v) is 11.6. The van der Waals surface area contributed by atoms with Crippen molar-refractivity contribution >= 4 is 40.5 Å². The summed E-state index contributed by atoms with van der Waals surface area (Å²) in [4.78, 5) is 15.4. The van der Waals surface area contributed by atoms with Crippen LogP contribution in [0.25, 0.3) is 0 Å². The Morgan fingerprint density at radius 2 is 2.28 bits per heavy atom. The molecule has 5 heteroatoms. The summed E-state index contributed by atoms with van der Waals surface area (Å²) in [6.45, 7) is 6.45. The van der Waals surface area contributed by atoms with Crippen molar-refractivity contribution in [2.45, 2.75) is 6.92 Å². The van der Waals surface area contributed by atoms with Gasteiger partial charge in [0.2, 0.25) is 0 Å². The second-order valence-electron chi connectivity index (χ2n) is 4.11. The topological polar surface area (TPSA) is 23.6 Å². The van der Waals surface area contributed by atoms with Gasteiger partial charge in [0.25, 0.3) is 5.91 Å². The number of rotatable bonds is 3. The molecule has 1 aromatic rings. The highest BCUT2D eigenvalue weighted by atomic mass is 35.5. The van der Waals surface area contributed by atoms with Gasteiger partial charge in [-0.25, -0.2) is 0 Å². The van der Waals surface area contributed by atoms with Crippen molar-refractivity contribution in [2.24, 2.45) is 0 Å². The van der Waals surface area contributed by atoms with Crippen molar-refractivity contribution in [3.63, 3.8) is 0 Å². The molecule has 1 aliphatic rings. The van der Waals surface area contributed by atoms with Crippen LogP contribution in [0.2, 0.25) is 5.02 Å². The van der Waals surface area contributed by atoms with E-state index in [9.17, 15) is 4.79 Å². The van der Waals surface area contributed by atoms with Crippen molar-refractivity contribution in [2.75, 3.05) is 18.0 Å². The van der Waals surface area contributed by atoms with E-state index in [0.717, 1.165) is 11.3 Å². The van der Waals surface area contributed by atoms with E-state index in [0.29, 0.717) is 16.7 Å². The summed E-state index contributed by atoms with van der Waals surface area (Å²) in [7, 11) is 0. The Kier molecular flexibility index (Phi) is 3.68. The van der Waals surface area contributed by atoms with E-state index in [1.165, 1.54) is 0 Å². The molecule has 0 atom stereocenters. The number of amides is 1. The number of benzene rings is 1. The van der Waals surface area contributed by atoms with Gasteiger partial charge in [0.15, 0.2) is 5.11 Å². The minimum Gasteiger partial charge on any atom is -0.335 e. The van der Waals surface area contributed by atoms with Crippen molar-refractivity contribution in [1.29, 1.82) is 0 Å². The molecule has 1 saturated heterocycles. The first-order valence-corrected chi connectivity index (χ1v) is 6.32. The Hall–Kier alpha value is -1.39. The number of halogens is 1. The van der Waals surface area contributed by atoms with Crippen molar-refractivity contribution in [3.8, 4) is 0 Å². The van der Waals surface area contributed by atoms with Gasteiger partial charge in [0.05, 0.1) is 5.69 Å². The number of aryl methyl sites for hydroxylation is 1. The van der Waals surface area contributed by atoms with E-state index in [2.05, 4.69) is 6.58 Å². The fourth-order valence-electron chi connectivity index (χ4n) is 1.91. The van der Waals surface area contributed by atoms with Crippen LogP contribution in [0, 0.1) is 6.92 Å². The third kappa shape index (κ3) is 2.26. The number of carbonyl (C=O) groups is 1. The molecule has 1 fully saturated rings. The smallest absolute Gasteiger partial charge is 0.252 e. The molecule has 0 aliphatic carbocycles. The summed E-state index contributed by atoms with van der Waals surface area (Å²) in [5.41, 5.74) is 1.72. The Morgan fingerprint density at radius 3 is 2.94 bits per heavy atom. The van der Waals surface area contributed by atoms with Crippen LogP contribution in [-0.2, 0) is 4.79 Å². The number of carbonyl (C=O) groups excluding carboxylic acids is 1. The molecule has 3 nitrogen and oxygen atoms in total. The molecule has 0 saturated carbocycles. The molecule has 0 spiro atoms. The van der Waals surface area contributed by atoms with Crippen molar-refractivity contribution in [1.82, 2.24) is 4.90 Å². The predicted molar refractivity (Wildman–Crippen MR) is 78.0 cm³/mol. The van der Waals surface area contributed by atoms with Gasteiger partial charge >= 0.3 is 0 Å². The molecular formula is C13H13ClN2OS. The number of hydrogen-bond acceptors (Lipinski definition) is 2. The lowest BCUT2D eigenvalue weighted by Gasteiger charge is -2.20. The zero-order chi connectivity index (χ0) is 13.3. The van der Waals surface area contributed by atoms with Crippen LogP contribution >= 0.6 is 23.8 Å². The second-order valence-corrected chi connectivity index (χ2v) is 4.91. The van der Waals surface area contributed by atoms with Gasteiger partial charge in [-0.3, -0.25) is 9.69 Å². The number of nitrogens with zero attached hydrogens (tertiary/aromatic N) is 2. The highest BCUT2D eigenvalue weighted by Gasteiger charge is 2.33. The van der Waals surface area contributed by atoms with Crippen LogP contribution in [0.15, 0.2) is 30.9 Å². The molecular weight excluding hydrogens is 268 g/mol. The third-order valence-electron chi connectivity index (χ3n) is 2.80. The van der Waals surface area contributed by atoms with Gasteiger partial charge in [-0.05, 0) is 36.8 Å². The summed E-state index contributed by atoms with van der Waals surface area (Å²) in [6, 6.07) is 5.44. The molecule has 18 heavy (non-hydrogen) atoms. The molecule has 1 heterocycles. The molecule has 1 aliphatic heterocycles. The van der Waals surface area contributed by atoms with Crippen LogP contribution in [0.4, 0.5) is 5.69 Å². The molecule has 0 aromatic heterocycles. The first-order valence-electron chi connectivity index (χ1n) is 5.53. The predicted octanol–water partition coefficient (Wildman–Crippen LogP) is 2.77. The fraction of sp³-hybridized carbons (Fsp3) is 0.231. The lowest BCUT2D eigenvalue weighted by Crippen LogP contribution is -2.33. The van der Waals surface area contributed by atoms with Gasteiger partial charge in [-0.2, -0.15) is 0 Å².